The summed E-state index contributed by atoms with van der Waals surface area (Å²) in [5, 5.41) is 11.7. The van der Waals surface area contributed by atoms with Crippen LogP contribution in [0.4, 0.5) is 0 Å². The van der Waals surface area contributed by atoms with Crippen LogP contribution in [0.25, 0.3) is 0 Å². The van der Waals surface area contributed by atoms with E-state index in [1.807, 2.05) is 13.0 Å². The summed E-state index contributed by atoms with van der Waals surface area (Å²) in [5.74, 6) is 0.0993. The Bertz CT molecular complexity index is 146. The average Bonchev–Trinajstić information content (AvgIpc) is 2.01. The van der Waals surface area contributed by atoms with Gasteiger partial charge in [0.2, 0.25) is 0 Å². The van der Waals surface area contributed by atoms with Crippen molar-refractivity contribution in [3.8, 4) is 6.07 Å². The minimum absolute atomic E-state index is 0.0993. The number of hydrogen-bond acceptors (Lipinski definition) is 2. The molecule has 0 aliphatic heterocycles. The van der Waals surface area contributed by atoms with Crippen molar-refractivity contribution < 1.29 is 0 Å². The van der Waals surface area contributed by atoms with Gasteiger partial charge in [0, 0.05) is 12.6 Å². The molecular weight excluding hydrogens is 136 g/mol. The van der Waals surface area contributed by atoms with Crippen molar-refractivity contribution in [2.75, 3.05) is 6.54 Å². The zero-order chi connectivity index (χ0) is 8.69. The number of nitrogens with one attached hydrogen (secondary N) is 1. The van der Waals surface area contributed by atoms with Crippen molar-refractivity contribution in [2.45, 2.75) is 26.3 Å². The molecule has 1 N–H and O–H groups in total. The van der Waals surface area contributed by atoms with Crippen molar-refractivity contribution in [1.82, 2.24) is 5.32 Å². The van der Waals surface area contributed by atoms with Gasteiger partial charge in [-0.25, -0.2) is 0 Å². The number of hydrogen-bond donors (Lipinski definition) is 1. The molecule has 2 heteroatoms. The number of rotatable bonds is 5. The minimum atomic E-state index is 0.0993. The predicted molar refractivity (Wildman–Crippen MR) is 47.1 cm³/mol. The highest BCUT2D eigenvalue weighted by Crippen LogP contribution is 1.93. The Balaban J connectivity index is 3.38. The smallest absolute Gasteiger partial charge is 0.0666 e. The summed E-state index contributed by atoms with van der Waals surface area (Å²) < 4.78 is 0. The fourth-order valence-corrected chi connectivity index (χ4v) is 0.757. The molecule has 0 aliphatic carbocycles. The van der Waals surface area contributed by atoms with Gasteiger partial charge in [0.1, 0.15) is 0 Å². The van der Waals surface area contributed by atoms with Crippen LogP contribution in [0.5, 0.6) is 0 Å². The fourth-order valence-electron chi connectivity index (χ4n) is 0.757. The van der Waals surface area contributed by atoms with Crippen LogP contribution in [-0.4, -0.2) is 12.6 Å². The fraction of sp³-hybridized carbons (Fsp3) is 0.667. The van der Waals surface area contributed by atoms with Crippen molar-refractivity contribution in [2.24, 2.45) is 5.92 Å². The Hall–Kier alpha value is -0.810. The molecule has 0 aromatic rings. The Kier molecular flexibility index (Phi) is 5.50. The molecule has 0 amide bonds. The molecule has 0 rings (SSSR count). The van der Waals surface area contributed by atoms with Gasteiger partial charge in [-0.15, -0.1) is 6.58 Å². The maximum absolute atomic E-state index is 8.47. The molecule has 11 heavy (non-hydrogen) atoms. The van der Waals surface area contributed by atoms with Crippen LogP contribution in [0.15, 0.2) is 12.7 Å². The van der Waals surface area contributed by atoms with Crippen LogP contribution in [0, 0.1) is 17.2 Å². The van der Waals surface area contributed by atoms with Crippen LogP contribution in [0.1, 0.15) is 20.3 Å². The topological polar surface area (TPSA) is 35.8 Å². The Morgan fingerprint density at radius 2 is 2.27 bits per heavy atom. The molecule has 0 saturated heterocycles. The van der Waals surface area contributed by atoms with E-state index in [2.05, 4.69) is 24.9 Å². The first-order valence-electron chi connectivity index (χ1n) is 3.94. The molecule has 0 fully saturated rings. The molecule has 0 aromatic heterocycles. The van der Waals surface area contributed by atoms with Crippen molar-refractivity contribution in [3.05, 3.63) is 12.7 Å². The van der Waals surface area contributed by atoms with Crippen LogP contribution < -0.4 is 5.32 Å². The Morgan fingerprint density at radius 1 is 1.64 bits per heavy atom. The largest absolute Gasteiger partial charge is 0.313 e. The quantitative estimate of drug-likeness (QED) is 0.609. The van der Waals surface area contributed by atoms with Gasteiger partial charge in [0.25, 0.3) is 0 Å². The van der Waals surface area contributed by atoms with Gasteiger partial charge in [-0.05, 0) is 20.3 Å². The van der Waals surface area contributed by atoms with E-state index in [0.29, 0.717) is 6.04 Å². The maximum Gasteiger partial charge on any atom is 0.0666 e. The van der Waals surface area contributed by atoms with E-state index < -0.39 is 0 Å². The van der Waals surface area contributed by atoms with E-state index in [-0.39, 0.29) is 5.92 Å². The third kappa shape index (κ3) is 5.63. The molecule has 0 heterocycles. The second-order valence-electron chi connectivity index (χ2n) is 2.86. The van der Waals surface area contributed by atoms with Crippen LogP contribution in [0.3, 0.4) is 0 Å². The molecule has 2 unspecified atom stereocenters. The summed E-state index contributed by atoms with van der Waals surface area (Å²) in [4.78, 5) is 0. The van der Waals surface area contributed by atoms with Gasteiger partial charge >= 0.3 is 0 Å². The molecule has 0 aliphatic rings. The lowest BCUT2D eigenvalue weighted by Gasteiger charge is -2.11. The van der Waals surface area contributed by atoms with Gasteiger partial charge in [0.15, 0.2) is 0 Å². The van der Waals surface area contributed by atoms with Crippen LogP contribution >= 0.6 is 0 Å². The van der Waals surface area contributed by atoms with Crippen molar-refractivity contribution in [3.63, 3.8) is 0 Å². The molecule has 0 aromatic carbocycles. The SMILES string of the molecule is C=CCC(C)NCC(C)C#N. The zero-order valence-electron chi connectivity index (χ0n) is 7.30. The third-order valence-electron chi connectivity index (χ3n) is 1.51. The summed E-state index contributed by atoms with van der Waals surface area (Å²) in [6.45, 7) is 8.41. The molecule has 0 radical (unpaired) electrons. The van der Waals surface area contributed by atoms with E-state index in [0.717, 1.165) is 13.0 Å². The van der Waals surface area contributed by atoms with Gasteiger partial charge in [-0.3, -0.25) is 0 Å². The first-order chi connectivity index (χ1) is 5.20. The lowest BCUT2D eigenvalue weighted by Crippen LogP contribution is -2.29. The summed E-state index contributed by atoms with van der Waals surface area (Å²) in [7, 11) is 0. The van der Waals surface area contributed by atoms with Gasteiger partial charge in [-0.1, -0.05) is 6.08 Å². The average molecular weight is 152 g/mol. The maximum atomic E-state index is 8.47. The highest BCUT2D eigenvalue weighted by molar-refractivity contribution is 4.82. The van der Waals surface area contributed by atoms with Gasteiger partial charge < -0.3 is 5.32 Å². The molecule has 2 nitrogen and oxygen atoms in total. The molecular formula is C9H16N2. The van der Waals surface area contributed by atoms with E-state index >= 15 is 0 Å². The van der Waals surface area contributed by atoms with E-state index in [1.165, 1.54) is 0 Å². The monoisotopic (exact) mass is 152 g/mol. The van der Waals surface area contributed by atoms with Gasteiger partial charge in [0.05, 0.1) is 12.0 Å². The third-order valence-corrected chi connectivity index (χ3v) is 1.51. The second-order valence-corrected chi connectivity index (χ2v) is 2.86. The zero-order valence-corrected chi connectivity index (χ0v) is 7.30. The number of nitrogens with zero attached hydrogens (tertiary/aromatic N) is 1. The van der Waals surface area contributed by atoms with E-state index in [9.17, 15) is 0 Å². The van der Waals surface area contributed by atoms with Crippen molar-refractivity contribution >= 4 is 0 Å². The first kappa shape index (κ1) is 10.2. The number of nitriles is 1. The standard InChI is InChI=1S/C9H16N2/c1-4-5-9(3)11-7-8(2)6-10/h4,8-9,11H,1,5,7H2,2-3H3. The van der Waals surface area contributed by atoms with Gasteiger partial charge in [-0.2, -0.15) is 5.26 Å². The lowest BCUT2D eigenvalue weighted by atomic mass is 10.2. The van der Waals surface area contributed by atoms with E-state index in [4.69, 9.17) is 5.26 Å². The van der Waals surface area contributed by atoms with Crippen LogP contribution in [-0.2, 0) is 0 Å². The summed E-state index contributed by atoms with van der Waals surface area (Å²) in [6, 6.07) is 2.61. The highest BCUT2D eigenvalue weighted by atomic mass is 14.9. The predicted octanol–water partition coefficient (Wildman–Crippen LogP) is 1.70. The molecule has 62 valence electrons. The minimum Gasteiger partial charge on any atom is -0.313 e. The molecule has 2 atom stereocenters. The van der Waals surface area contributed by atoms with Crippen LogP contribution in [0.2, 0.25) is 0 Å². The first-order valence-corrected chi connectivity index (χ1v) is 3.94. The van der Waals surface area contributed by atoms with Crippen molar-refractivity contribution in [1.29, 1.82) is 5.26 Å². The summed E-state index contributed by atoms with van der Waals surface area (Å²) in [5.41, 5.74) is 0. The lowest BCUT2D eigenvalue weighted by molar-refractivity contribution is 0.514. The molecule has 0 spiro atoms. The Morgan fingerprint density at radius 3 is 2.73 bits per heavy atom. The summed E-state index contributed by atoms with van der Waals surface area (Å²) in [6.07, 6.45) is 2.84. The normalized spacial score (nSPS) is 15.0. The van der Waals surface area contributed by atoms with E-state index in [1.54, 1.807) is 0 Å². The molecule has 0 saturated carbocycles. The highest BCUT2D eigenvalue weighted by Gasteiger charge is 2.01. The second kappa shape index (κ2) is 5.94. The Labute approximate surface area is 68.9 Å². The molecule has 0 bridgehead atoms. The summed E-state index contributed by atoms with van der Waals surface area (Å²) >= 11 is 0.